The number of anilines is 1. The van der Waals surface area contributed by atoms with Crippen molar-refractivity contribution in [2.75, 3.05) is 12.4 Å². The Morgan fingerprint density at radius 2 is 1.57 bits per heavy atom. The Morgan fingerprint density at radius 3 is 2.11 bits per heavy atom. The van der Waals surface area contributed by atoms with Gasteiger partial charge in [-0.05, 0) is 74.9 Å². The summed E-state index contributed by atoms with van der Waals surface area (Å²) < 4.78 is 18.2. The Hall–Kier alpha value is -2.25. The van der Waals surface area contributed by atoms with Crippen molar-refractivity contribution in [3.63, 3.8) is 0 Å². The van der Waals surface area contributed by atoms with Gasteiger partial charge in [0.05, 0.1) is 19.8 Å². The summed E-state index contributed by atoms with van der Waals surface area (Å²) in [6, 6.07) is 19.8. The lowest BCUT2D eigenvalue weighted by Crippen LogP contribution is -2.40. The molecule has 2 atom stereocenters. The van der Waals surface area contributed by atoms with Gasteiger partial charge in [0.25, 0.3) is 0 Å². The van der Waals surface area contributed by atoms with E-state index in [-0.39, 0.29) is 6.61 Å². The molecule has 3 aromatic carbocycles. The van der Waals surface area contributed by atoms with Crippen molar-refractivity contribution < 1.29 is 19.0 Å². The van der Waals surface area contributed by atoms with Gasteiger partial charge in [-0.1, -0.05) is 57.3 Å². The van der Waals surface area contributed by atoms with E-state index in [2.05, 4.69) is 21.2 Å². The Balaban J connectivity index is 2.00. The summed E-state index contributed by atoms with van der Waals surface area (Å²) in [6.07, 6.45) is -1.01. The molecule has 0 aliphatic heterocycles. The zero-order valence-electron chi connectivity index (χ0n) is 20.0. The number of esters is 1. The van der Waals surface area contributed by atoms with E-state index in [9.17, 15) is 4.79 Å². The topological polar surface area (TPSA) is 56.8 Å². The second-order valence-electron chi connectivity index (χ2n) is 8.87. The van der Waals surface area contributed by atoms with E-state index in [1.165, 1.54) is 0 Å². The normalized spacial score (nSPS) is 13.1. The Kier molecular flexibility index (Phi) is 9.47. The fraction of sp³-hybridized carbons (Fsp3) is 0.296. The van der Waals surface area contributed by atoms with Crippen molar-refractivity contribution in [1.29, 1.82) is 0 Å². The van der Waals surface area contributed by atoms with Crippen molar-refractivity contribution >= 4 is 50.8 Å². The number of rotatable bonds is 9. The summed E-state index contributed by atoms with van der Waals surface area (Å²) in [4.78, 5) is 13.4. The number of halogens is 3. The van der Waals surface area contributed by atoms with Gasteiger partial charge >= 0.3 is 5.97 Å². The van der Waals surface area contributed by atoms with E-state index < -0.39 is 23.7 Å². The maximum Gasteiger partial charge on any atom is 0.338 e. The van der Waals surface area contributed by atoms with Gasteiger partial charge in [-0.2, -0.15) is 0 Å². The SMILES string of the molecule is COc1ccc(N[C@H](c2ccc(Br)cc2)[C@H](OCc2c(Cl)cccc2Cl)C(=O)OC(C)(C)C)cc1. The number of nitrogens with one attached hydrogen (secondary N) is 1. The van der Waals surface area contributed by atoms with E-state index >= 15 is 0 Å². The van der Waals surface area contributed by atoms with Crippen LogP contribution >= 0.6 is 39.1 Å². The lowest BCUT2D eigenvalue weighted by molar-refractivity contribution is -0.170. The molecule has 8 heteroatoms. The molecule has 0 heterocycles. The van der Waals surface area contributed by atoms with Crippen LogP contribution in [0.15, 0.2) is 71.2 Å². The van der Waals surface area contributed by atoms with Gasteiger partial charge in [-0.3, -0.25) is 0 Å². The van der Waals surface area contributed by atoms with Crippen LogP contribution in [0.3, 0.4) is 0 Å². The maximum atomic E-state index is 13.4. The van der Waals surface area contributed by atoms with Crippen LogP contribution in [0.5, 0.6) is 5.75 Å². The molecule has 3 rings (SSSR count). The van der Waals surface area contributed by atoms with Crippen molar-refractivity contribution in [2.24, 2.45) is 0 Å². The van der Waals surface area contributed by atoms with Gasteiger partial charge in [-0.25, -0.2) is 4.79 Å². The zero-order chi connectivity index (χ0) is 25.6. The van der Waals surface area contributed by atoms with Gasteiger partial charge in [0.2, 0.25) is 0 Å². The number of benzene rings is 3. The molecule has 0 saturated heterocycles. The summed E-state index contributed by atoms with van der Waals surface area (Å²) >= 11 is 16.2. The number of hydrogen-bond acceptors (Lipinski definition) is 5. The first kappa shape index (κ1) is 27.3. The molecule has 0 fully saturated rings. The molecular formula is C27H28BrCl2NO4. The average molecular weight is 581 g/mol. The number of hydrogen-bond donors (Lipinski definition) is 1. The molecule has 0 spiro atoms. The van der Waals surface area contributed by atoms with Crippen LogP contribution in [0.25, 0.3) is 0 Å². The molecule has 0 aromatic heterocycles. The lowest BCUT2D eigenvalue weighted by Gasteiger charge is -2.31. The van der Waals surface area contributed by atoms with Gasteiger partial charge in [-0.15, -0.1) is 0 Å². The largest absolute Gasteiger partial charge is 0.497 e. The van der Waals surface area contributed by atoms with Gasteiger partial charge in [0.1, 0.15) is 11.4 Å². The van der Waals surface area contributed by atoms with Crippen molar-refractivity contribution in [1.82, 2.24) is 0 Å². The molecule has 0 saturated carbocycles. The van der Waals surface area contributed by atoms with Crippen LogP contribution in [0, 0.1) is 0 Å². The predicted octanol–water partition coefficient (Wildman–Crippen LogP) is 7.84. The second kappa shape index (κ2) is 12.1. The third-order valence-corrected chi connectivity index (χ3v) is 6.29. The van der Waals surface area contributed by atoms with Crippen LogP contribution in [-0.2, 0) is 20.9 Å². The van der Waals surface area contributed by atoms with Crippen molar-refractivity contribution in [3.05, 3.63) is 92.4 Å². The quantitative estimate of drug-likeness (QED) is 0.261. The lowest BCUT2D eigenvalue weighted by atomic mass is 10.00. The summed E-state index contributed by atoms with van der Waals surface area (Å²) in [5, 5.41) is 4.36. The van der Waals surface area contributed by atoms with Gasteiger partial charge < -0.3 is 19.5 Å². The molecule has 1 N–H and O–H groups in total. The van der Waals surface area contributed by atoms with E-state index in [0.29, 0.717) is 15.6 Å². The number of carbonyl (C=O) groups is 1. The third kappa shape index (κ3) is 7.87. The number of carbonyl (C=O) groups excluding carboxylic acids is 1. The smallest absolute Gasteiger partial charge is 0.338 e. The first-order chi connectivity index (χ1) is 16.6. The second-order valence-corrected chi connectivity index (χ2v) is 10.6. The van der Waals surface area contributed by atoms with Crippen LogP contribution in [0.2, 0.25) is 10.0 Å². The highest BCUT2D eigenvalue weighted by Crippen LogP contribution is 2.31. The molecule has 0 aliphatic rings. The highest BCUT2D eigenvalue weighted by atomic mass is 79.9. The first-order valence-electron chi connectivity index (χ1n) is 11.0. The Morgan fingerprint density at radius 1 is 0.971 bits per heavy atom. The fourth-order valence-corrected chi connectivity index (χ4v) is 4.15. The molecule has 186 valence electrons. The first-order valence-corrected chi connectivity index (χ1v) is 12.6. The minimum Gasteiger partial charge on any atom is -0.497 e. The predicted molar refractivity (Wildman–Crippen MR) is 144 cm³/mol. The molecular weight excluding hydrogens is 553 g/mol. The van der Waals surface area contributed by atoms with Gasteiger partial charge in [0.15, 0.2) is 6.10 Å². The zero-order valence-corrected chi connectivity index (χ0v) is 23.1. The highest BCUT2D eigenvalue weighted by molar-refractivity contribution is 9.10. The summed E-state index contributed by atoms with van der Waals surface area (Å²) in [7, 11) is 1.61. The van der Waals surface area contributed by atoms with E-state index in [4.69, 9.17) is 37.4 Å². The summed E-state index contributed by atoms with van der Waals surface area (Å²) in [6.45, 7) is 5.48. The van der Waals surface area contributed by atoms with Crippen LogP contribution < -0.4 is 10.1 Å². The maximum absolute atomic E-state index is 13.4. The molecule has 3 aromatic rings. The fourth-order valence-electron chi connectivity index (χ4n) is 3.37. The third-order valence-electron chi connectivity index (χ3n) is 5.05. The van der Waals surface area contributed by atoms with E-state index in [0.717, 1.165) is 21.5 Å². The minimum atomic E-state index is -1.01. The van der Waals surface area contributed by atoms with Gasteiger partial charge in [0, 0.05) is 25.8 Å². The van der Waals surface area contributed by atoms with E-state index in [1.54, 1.807) is 25.3 Å². The standard InChI is InChI=1S/C27H28BrCl2NO4/c1-27(2,3)35-26(32)25(34-16-21-22(29)6-5-7-23(21)30)24(17-8-10-18(28)11-9-17)31-19-12-14-20(33-4)15-13-19/h5-15,24-25,31H,16H2,1-4H3/t24-,25+/m1/s1. The average Bonchev–Trinajstić information content (AvgIpc) is 2.80. The monoisotopic (exact) mass is 579 g/mol. The highest BCUT2D eigenvalue weighted by Gasteiger charge is 2.35. The molecule has 0 radical (unpaired) electrons. The van der Waals surface area contributed by atoms with E-state index in [1.807, 2.05) is 69.3 Å². The number of ether oxygens (including phenoxy) is 3. The van der Waals surface area contributed by atoms with Crippen molar-refractivity contribution in [2.45, 2.75) is 45.1 Å². The van der Waals surface area contributed by atoms with Crippen LogP contribution in [-0.4, -0.2) is 24.8 Å². The Labute approximate surface area is 224 Å². The van der Waals surface area contributed by atoms with Crippen LogP contribution in [0.1, 0.15) is 37.9 Å². The molecule has 0 amide bonds. The Bertz CT molecular complexity index is 1110. The number of methoxy groups -OCH3 is 1. The molecule has 0 bridgehead atoms. The summed E-state index contributed by atoms with van der Waals surface area (Å²) in [5.41, 5.74) is 1.52. The molecule has 0 aliphatic carbocycles. The molecule has 5 nitrogen and oxygen atoms in total. The molecule has 35 heavy (non-hydrogen) atoms. The van der Waals surface area contributed by atoms with Crippen LogP contribution in [0.4, 0.5) is 5.69 Å². The summed E-state index contributed by atoms with van der Waals surface area (Å²) in [5.74, 6) is 0.221. The molecule has 0 unspecified atom stereocenters. The van der Waals surface area contributed by atoms with Crippen molar-refractivity contribution in [3.8, 4) is 5.75 Å². The minimum absolute atomic E-state index is 0.0275.